The number of hydrogen-bond donors (Lipinski definition) is 2. The second-order valence-corrected chi connectivity index (χ2v) is 5.46. The zero-order valence-corrected chi connectivity index (χ0v) is 11.4. The van der Waals surface area contributed by atoms with Crippen molar-refractivity contribution in [2.75, 3.05) is 20.1 Å². The average Bonchev–Trinajstić information content (AvgIpc) is 3.09. The van der Waals surface area contributed by atoms with E-state index in [0.717, 1.165) is 19.0 Å². The van der Waals surface area contributed by atoms with Gasteiger partial charge in [-0.15, -0.1) is 0 Å². The Morgan fingerprint density at radius 3 is 2.80 bits per heavy atom. The van der Waals surface area contributed by atoms with Crippen molar-refractivity contribution in [3.63, 3.8) is 0 Å². The molecule has 2 atom stereocenters. The van der Waals surface area contributed by atoms with Crippen molar-refractivity contribution in [3.05, 3.63) is 22.5 Å². The summed E-state index contributed by atoms with van der Waals surface area (Å²) in [7, 11) is 1.83. The second-order valence-electron chi connectivity index (χ2n) is 5.46. The van der Waals surface area contributed by atoms with Crippen molar-refractivity contribution in [3.8, 4) is 0 Å². The Balaban J connectivity index is 1.75. The zero-order chi connectivity index (χ0) is 14.7. The van der Waals surface area contributed by atoms with E-state index in [4.69, 9.17) is 0 Å². The molecule has 8 nitrogen and oxygen atoms in total. The van der Waals surface area contributed by atoms with E-state index in [0.29, 0.717) is 19.0 Å². The first-order chi connectivity index (χ1) is 9.45. The molecule has 0 spiro atoms. The van der Waals surface area contributed by atoms with Crippen LogP contribution in [0.1, 0.15) is 12.8 Å². The maximum atomic E-state index is 10.5. The highest BCUT2D eigenvalue weighted by molar-refractivity contribution is 5.20. The van der Waals surface area contributed by atoms with Crippen molar-refractivity contribution in [1.29, 1.82) is 0 Å². The summed E-state index contributed by atoms with van der Waals surface area (Å²) in [4.78, 5) is 11.9. The monoisotopic (exact) mass is 284 g/mol. The second kappa shape index (κ2) is 6.29. The van der Waals surface area contributed by atoms with Gasteiger partial charge >= 0.3 is 5.69 Å². The Hall–Kier alpha value is -1.51. The number of nitro groups is 1. The lowest BCUT2D eigenvalue weighted by molar-refractivity contribution is -0.385. The Bertz CT molecular complexity index is 460. The number of likely N-dealkylation sites (N-methyl/N-ethyl adjacent to an activating group) is 1. The predicted molar refractivity (Wildman–Crippen MR) is 71.1 cm³/mol. The van der Waals surface area contributed by atoms with E-state index < -0.39 is 11.0 Å². The highest BCUT2D eigenvalue weighted by Gasteiger charge is 2.30. The van der Waals surface area contributed by atoms with Gasteiger partial charge in [-0.05, 0) is 25.8 Å². The minimum atomic E-state index is -0.689. The van der Waals surface area contributed by atoms with Crippen molar-refractivity contribution >= 4 is 5.69 Å². The molecule has 8 heteroatoms. The maximum absolute atomic E-state index is 10.5. The van der Waals surface area contributed by atoms with Crippen LogP contribution >= 0.6 is 0 Å². The predicted octanol–water partition coefficient (Wildman–Crippen LogP) is -0.145. The third kappa shape index (κ3) is 4.26. The van der Waals surface area contributed by atoms with Gasteiger partial charge in [-0.1, -0.05) is 0 Å². The van der Waals surface area contributed by atoms with Crippen LogP contribution in [0.3, 0.4) is 0 Å². The first-order valence-corrected chi connectivity index (χ1v) is 6.67. The molecule has 0 saturated heterocycles. The summed E-state index contributed by atoms with van der Waals surface area (Å²) < 4.78 is 1.36. The fourth-order valence-corrected chi connectivity index (χ4v) is 2.20. The van der Waals surface area contributed by atoms with E-state index >= 15 is 0 Å². The van der Waals surface area contributed by atoms with Gasteiger partial charge in [0.1, 0.15) is 12.4 Å². The normalized spacial score (nSPS) is 18.2. The van der Waals surface area contributed by atoms with Gasteiger partial charge < -0.3 is 15.1 Å². The summed E-state index contributed by atoms with van der Waals surface area (Å²) in [5.41, 5.74) is -0.0882. The van der Waals surface area contributed by atoms with Crippen LogP contribution in [0.4, 0.5) is 5.69 Å². The van der Waals surface area contributed by atoms with Gasteiger partial charge in [0, 0.05) is 13.1 Å². The van der Waals surface area contributed by atoms with Crippen LogP contribution in [0, 0.1) is 16.0 Å². The molecule has 0 bridgehead atoms. The van der Waals surface area contributed by atoms with Crippen LogP contribution in [-0.2, 0) is 6.54 Å². The van der Waals surface area contributed by atoms with E-state index in [1.165, 1.54) is 10.9 Å². The first-order valence-electron chi connectivity index (χ1n) is 6.67. The molecule has 0 aliphatic heterocycles. The summed E-state index contributed by atoms with van der Waals surface area (Å²) >= 11 is 0. The molecule has 0 amide bonds. The molecule has 1 saturated carbocycles. The molecule has 1 heterocycles. The van der Waals surface area contributed by atoms with Gasteiger partial charge in [-0.25, -0.2) is 0 Å². The fraction of sp³-hybridized carbons (Fsp3) is 0.750. The molecule has 1 fully saturated rings. The standard InChI is InChI=1S/C12H20N4O4/c1-14(8-12(18)9-2-3-9)6-11(17)7-15-5-10(4-13-15)16(19)20/h4-5,9,11-12,17-18H,2-3,6-8H2,1H3. The van der Waals surface area contributed by atoms with E-state index in [1.807, 2.05) is 11.9 Å². The lowest BCUT2D eigenvalue weighted by Crippen LogP contribution is -2.37. The molecule has 1 aromatic heterocycles. The molecular weight excluding hydrogens is 264 g/mol. The molecule has 2 N–H and O–H groups in total. The zero-order valence-electron chi connectivity index (χ0n) is 11.4. The number of rotatable bonds is 8. The first kappa shape index (κ1) is 14.9. The molecule has 1 aliphatic rings. The van der Waals surface area contributed by atoms with Crippen LogP contribution in [0.15, 0.2) is 12.4 Å². The smallest absolute Gasteiger partial charge is 0.306 e. The number of aromatic nitrogens is 2. The van der Waals surface area contributed by atoms with Crippen molar-refractivity contribution < 1.29 is 15.1 Å². The highest BCUT2D eigenvalue weighted by atomic mass is 16.6. The minimum absolute atomic E-state index is 0.0882. The number of hydrogen-bond acceptors (Lipinski definition) is 6. The third-order valence-corrected chi connectivity index (χ3v) is 3.42. The summed E-state index contributed by atoms with van der Waals surface area (Å²) in [6.07, 6.45) is 3.59. The van der Waals surface area contributed by atoms with Gasteiger partial charge in [-0.3, -0.25) is 14.8 Å². The van der Waals surface area contributed by atoms with Gasteiger partial charge in [-0.2, -0.15) is 5.10 Å². The molecule has 0 radical (unpaired) electrons. The van der Waals surface area contributed by atoms with E-state index in [2.05, 4.69) is 5.10 Å². The molecule has 2 unspecified atom stereocenters. The van der Waals surface area contributed by atoms with Crippen molar-refractivity contribution in [2.45, 2.75) is 31.6 Å². The number of nitrogens with zero attached hydrogens (tertiary/aromatic N) is 4. The fourth-order valence-electron chi connectivity index (χ4n) is 2.20. The van der Waals surface area contributed by atoms with E-state index in [-0.39, 0.29) is 18.3 Å². The number of aliphatic hydroxyl groups is 2. The molecule has 2 rings (SSSR count). The molecule has 112 valence electrons. The minimum Gasteiger partial charge on any atom is -0.392 e. The third-order valence-electron chi connectivity index (χ3n) is 3.42. The Morgan fingerprint density at radius 2 is 2.25 bits per heavy atom. The molecule has 1 aromatic rings. The number of aliphatic hydroxyl groups excluding tert-OH is 2. The summed E-state index contributed by atoms with van der Waals surface area (Å²) in [6, 6.07) is 0. The van der Waals surface area contributed by atoms with Gasteiger partial charge in [0.15, 0.2) is 0 Å². The average molecular weight is 284 g/mol. The van der Waals surface area contributed by atoms with Crippen molar-refractivity contribution in [2.24, 2.45) is 5.92 Å². The summed E-state index contributed by atoms with van der Waals surface area (Å²) in [5.74, 6) is 0.406. The Morgan fingerprint density at radius 1 is 1.55 bits per heavy atom. The van der Waals surface area contributed by atoms with Gasteiger partial charge in [0.05, 0.1) is 23.7 Å². The SMILES string of the molecule is CN(CC(O)Cn1cc([N+](=O)[O-])cn1)CC(O)C1CC1. The molecule has 0 aromatic carbocycles. The van der Waals surface area contributed by atoms with E-state index in [9.17, 15) is 20.3 Å². The quantitative estimate of drug-likeness (QED) is 0.508. The lowest BCUT2D eigenvalue weighted by Gasteiger charge is -2.23. The van der Waals surface area contributed by atoms with Crippen molar-refractivity contribution in [1.82, 2.24) is 14.7 Å². The van der Waals surface area contributed by atoms with Gasteiger partial charge in [0.25, 0.3) is 0 Å². The lowest BCUT2D eigenvalue weighted by atomic mass is 10.2. The van der Waals surface area contributed by atoms with Crippen LogP contribution in [0.5, 0.6) is 0 Å². The highest BCUT2D eigenvalue weighted by Crippen LogP contribution is 2.32. The van der Waals surface area contributed by atoms with Crippen LogP contribution in [-0.4, -0.2) is 62.2 Å². The van der Waals surface area contributed by atoms with Gasteiger partial charge in [0.2, 0.25) is 0 Å². The Labute approximate surface area is 116 Å². The topological polar surface area (TPSA) is 105 Å². The Kier molecular flexibility index (Phi) is 4.69. The van der Waals surface area contributed by atoms with Crippen LogP contribution in [0.2, 0.25) is 0 Å². The molecule has 20 heavy (non-hydrogen) atoms. The van der Waals surface area contributed by atoms with Crippen LogP contribution in [0.25, 0.3) is 0 Å². The van der Waals surface area contributed by atoms with E-state index in [1.54, 1.807) is 0 Å². The summed E-state index contributed by atoms with van der Waals surface area (Å²) in [5, 5.41) is 34.1. The summed E-state index contributed by atoms with van der Waals surface area (Å²) in [6.45, 7) is 1.11. The van der Waals surface area contributed by atoms with Crippen LogP contribution < -0.4 is 0 Å². The molecular formula is C12H20N4O4. The molecule has 1 aliphatic carbocycles. The maximum Gasteiger partial charge on any atom is 0.306 e. The largest absolute Gasteiger partial charge is 0.392 e.